The number of halogens is 1. The summed E-state index contributed by atoms with van der Waals surface area (Å²) in [6.45, 7) is 4.23. The first-order valence-electron chi connectivity index (χ1n) is 9.93. The van der Waals surface area contributed by atoms with E-state index in [1.807, 2.05) is 13.0 Å². The van der Waals surface area contributed by atoms with Crippen molar-refractivity contribution >= 4 is 10.8 Å². The second-order valence-corrected chi connectivity index (χ2v) is 9.12. The Kier molecular flexibility index (Phi) is 3.98. The minimum absolute atomic E-state index is 0.0505. The average molecular weight is 394 g/mol. The second kappa shape index (κ2) is 6.34. The number of phenolic OH excluding ortho intramolecular Hbond substituents is 1. The molecule has 29 heavy (non-hydrogen) atoms. The number of rotatable bonds is 3. The molecule has 1 aromatic carbocycles. The summed E-state index contributed by atoms with van der Waals surface area (Å²) in [5, 5.41) is 20.3. The quantitative estimate of drug-likeness (QED) is 0.705. The van der Waals surface area contributed by atoms with Gasteiger partial charge in [-0.15, -0.1) is 10.2 Å². The first-order valence-corrected chi connectivity index (χ1v) is 9.93. The molecule has 7 heteroatoms. The van der Waals surface area contributed by atoms with Crippen molar-refractivity contribution in [1.82, 2.24) is 20.2 Å². The van der Waals surface area contributed by atoms with Gasteiger partial charge < -0.3 is 9.84 Å². The fourth-order valence-electron chi connectivity index (χ4n) is 5.19. The Morgan fingerprint density at radius 1 is 1.14 bits per heavy atom. The van der Waals surface area contributed by atoms with Gasteiger partial charge in [0.05, 0.1) is 11.8 Å². The molecule has 2 bridgehead atoms. The summed E-state index contributed by atoms with van der Waals surface area (Å²) in [7, 11) is 0. The topological polar surface area (TPSA) is 81.0 Å². The lowest BCUT2D eigenvalue weighted by atomic mass is 9.68. The lowest BCUT2D eigenvalue weighted by Gasteiger charge is -2.42. The van der Waals surface area contributed by atoms with Gasteiger partial charge in [0, 0.05) is 23.2 Å². The van der Waals surface area contributed by atoms with E-state index in [2.05, 4.69) is 27.1 Å². The fraction of sp³-hybridized carbons (Fsp3) is 0.455. The van der Waals surface area contributed by atoms with Crippen molar-refractivity contribution < 1.29 is 14.2 Å². The SMILES string of the molecule is C[C@@]12CC[C@@](C)(C1)[C@H](F)[C@@H](Oc1cnc(-c3cc4ccncc4cc3O)nn1)C2. The highest BCUT2D eigenvalue weighted by Crippen LogP contribution is 2.59. The van der Waals surface area contributed by atoms with Gasteiger partial charge in [-0.2, -0.15) is 0 Å². The summed E-state index contributed by atoms with van der Waals surface area (Å²) in [5.74, 6) is 0.543. The summed E-state index contributed by atoms with van der Waals surface area (Å²) in [4.78, 5) is 8.35. The zero-order chi connectivity index (χ0) is 20.2. The van der Waals surface area contributed by atoms with Crippen LogP contribution in [0.25, 0.3) is 22.2 Å². The zero-order valence-electron chi connectivity index (χ0n) is 16.5. The molecule has 150 valence electrons. The molecule has 4 atom stereocenters. The van der Waals surface area contributed by atoms with E-state index in [1.165, 1.54) is 6.20 Å². The number of benzene rings is 1. The third-order valence-corrected chi connectivity index (χ3v) is 6.63. The third kappa shape index (κ3) is 3.09. The predicted octanol–water partition coefficient (Wildman–Crippen LogP) is 4.48. The predicted molar refractivity (Wildman–Crippen MR) is 106 cm³/mol. The minimum Gasteiger partial charge on any atom is -0.507 e. The highest BCUT2D eigenvalue weighted by Gasteiger charge is 2.56. The largest absolute Gasteiger partial charge is 0.507 e. The van der Waals surface area contributed by atoms with Gasteiger partial charge in [0.15, 0.2) is 5.82 Å². The van der Waals surface area contributed by atoms with E-state index in [4.69, 9.17) is 4.74 Å². The maximum absolute atomic E-state index is 15.1. The molecule has 0 radical (unpaired) electrons. The normalized spacial score (nSPS) is 31.1. The van der Waals surface area contributed by atoms with Crippen LogP contribution in [0.4, 0.5) is 4.39 Å². The molecule has 2 aromatic heterocycles. The Labute approximate surface area is 168 Å². The van der Waals surface area contributed by atoms with E-state index >= 15 is 4.39 Å². The summed E-state index contributed by atoms with van der Waals surface area (Å²) >= 11 is 0. The van der Waals surface area contributed by atoms with Crippen molar-refractivity contribution in [2.75, 3.05) is 0 Å². The molecule has 0 amide bonds. The zero-order valence-corrected chi connectivity index (χ0v) is 16.5. The van der Waals surface area contributed by atoms with Crippen LogP contribution in [0.2, 0.25) is 0 Å². The van der Waals surface area contributed by atoms with Gasteiger partial charge in [0.1, 0.15) is 18.0 Å². The van der Waals surface area contributed by atoms with Crippen LogP contribution in [-0.2, 0) is 0 Å². The molecule has 0 aliphatic heterocycles. The van der Waals surface area contributed by atoms with Crippen molar-refractivity contribution in [3.8, 4) is 23.0 Å². The van der Waals surface area contributed by atoms with E-state index in [9.17, 15) is 5.11 Å². The maximum atomic E-state index is 15.1. The Bertz CT molecular complexity index is 1080. The van der Waals surface area contributed by atoms with E-state index < -0.39 is 12.3 Å². The van der Waals surface area contributed by atoms with Gasteiger partial charge >= 0.3 is 0 Å². The monoisotopic (exact) mass is 394 g/mol. The first-order chi connectivity index (χ1) is 13.9. The molecule has 2 saturated carbocycles. The molecule has 2 aliphatic rings. The lowest BCUT2D eigenvalue weighted by molar-refractivity contribution is -0.0434. The van der Waals surface area contributed by atoms with E-state index in [0.29, 0.717) is 12.0 Å². The van der Waals surface area contributed by atoms with Crippen LogP contribution in [0.5, 0.6) is 11.6 Å². The molecule has 6 nitrogen and oxygen atoms in total. The van der Waals surface area contributed by atoms with Crippen molar-refractivity contribution in [2.24, 2.45) is 10.8 Å². The molecular weight excluding hydrogens is 371 g/mol. The van der Waals surface area contributed by atoms with E-state index in [1.54, 1.807) is 24.5 Å². The molecule has 3 aromatic rings. The fourth-order valence-corrected chi connectivity index (χ4v) is 5.19. The number of phenols is 1. The highest BCUT2D eigenvalue weighted by molar-refractivity contribution is 5.88. The number of pyridine rings is 1. The van der Waals surface area contributed by atoms with Gasteiger partial charge in [-0.05, 0) is 54.7 Å². The smallest absolute Gasteiger partial charge is 0.252 e. The van der Waals surface area contributed by atoms with Crippen LogP contribution in [0.3, 0.4) is 0 Å². The lowest BCUT2D eigenvalue weighted by Crippen LogP contribution is -2.46. The Morgan fingerprint density at radius 3 is 2.79 bits per heavy atom. The molecule has 2 aliphatic carbocycles. The summed E-state index contributed by atoms with van der Waals surface area (Å²) in [6, 6.07) is 5.27. The number of fused-ring (bicyclic) bond motifs is 3. The summed E-state index contributed by atoms with van der Waals surface area (Å²) in [6.07, 6.45) is 6.75. The second-order valence-electron chi connectivity index (χ2n) is 9.12. The minimum atomic E-state index is -1.03. The number of ether oxygens (including phenoxy) is 1. The van der Waals surface area contributed by atoms with Crippen LogP contribution in [-0.4, -0.2) is 37.5 Å². The number of hydrogen-bond acceptors (Lipinski definition) is 6. The highest BCUT2D eigenvalue weighted by atomic mass is 19.1. The van der Waals surface area contributed by atoms with Gasteiger partial charge in [-0.1, -0.05) is 13.8 Å². The van der Waals surface area contributed by atoms with Crippen LogP contribution in [0, 0.1) is 10.8 Å². The van der Waals surface area contributed by atoms with Crippen LogP contribution in [0.15, 0.2) is 36.8 Å². The molecule has 0 unspecified atom stereocenters. The van der Waals surface area contributed by atoms with Gasteiger partial charge in [0.25, 0.3) is 5.88 Å². The van der Waals surface area contributed by atoms with Crippen LogP contribution < -0.4 is 4.74 Å². The summed E-state index contributed by atoms with van der Waals surface area (Å²) in [5.41, 5.74) is 0.264. The molecular formula is C22H23FN4O2. The Morgan fingerprint density at radius 2 is 2.00 bits per heavy atom. The number of hydrogen-bond donors (Lipinski definition) is 1. The Hall–Kier alpha value is -2.83. The molecule has 2 heterocycles. The van der Waals surface area contributed by atoms with E-state index in [0.717, 1.165) is 30.0 Å². The van der Waals surface area contributed by atoms with Gasteiger partial charge in [-0.25, -0.2) is 9.37 Å². The summed E-state index contributed by atoms with van der Waals surface area (Å²) < 4.78 is 21.0. The van der Waals surface area contributed by atoms with E-state index in [-0.39, 0.29) is 28.3 Å². The van der Waals surface area contributed by atoms with Gasteiger partial charge in [0.2, 0.25) is 0 Å². The third-order valence-electron chi connectivity index (χ3n) is 6.63. The molecule has 0 saturated heterocycles. The van der Waals surface area contributed by atoms with Crippen molar-refractivity contribution in [3.63, 3.8) is 0 Å². The number of aromatic hydroxyl groups is 1. The van der Waals surface area contributed by atoms with Crippen LogP contribution >= 0.6 is 0 Å². The number of alkyl halides is 1. The molecule has 5 rings (SSSR count). The van der Waals surface area contributed by atoms with Gasteiger partial charge in [-0.3, -0.25) is 4.98 Å². The molecule has 1 N–H and O–H groups in total. The van der Waals surface area contributed by atoms with Crippen molar-refractivity contribution in [2.45, 2.75) is 51.8 Å². The molecule has 0 spiro atoms. The van der Waals surface area contributed by atoms with Crippen molar-refractivity contribution in [1.29, 1.82) is 0 Å². The maximum Gasteiger partial charge on any atom is 0.252 e. The molecule has 2 fully saturated rings. The average Bonchev–Trinajstić information content (AvgIpc) is 2.98. The van der Waals surface area contributed by atoms with Crippen LogP contribution in [0.1, 0.15) is 39.5 Å². The van der Waals surface area contributed by atoms with Crippen molar-refractivity contribution in [3.05, 3.63) is 36.8 Å². The number of aromatic nitrogens is 4. The number of nitrogens with zero attached hydrogens (tertiary/aromatic N) is 4. The first kappa shape index (κ1) is 18.2. The Balaban J connectivity index is 1.39. The standard InChI is InChI=1S/C22H23FN4O2/c1-21-4-5-22(2,12-21)19(23)17(9-21)29-18-11-25-20(27-26-18)15-7-13-3-6-24-10-14(13)8-16(15)28/h3,6-8,10-11,17,19,28H,4-5,9,12H2,1-2H3/t17-,19+,21-,22-/m0/s1.